The van der Waals surface area contributed by atoms with E-state index in [1.807, 2.05) is 12.1 Å². The summed E-state index contributed by atoms with van der Waals surface area (Å²) in [6.07, 6.45) is 3.69. The summed E-state index contributed by atoms with van der Waals surface area (Å²) < 4.78 is 2.87. The zero-order chi connectivity index (χ0) is 14.5. The normalized spacial score (nSPS) is 17.6. The van der Waals surface area contributed by atoms with Crippen LogP contribution in [-0.4, -0.2) is 34.1 Å². The first-order valence-corrected chi connectivity index (χ1v) is 7.84. The summed E-state index contributed by atoms with van der Waals surface area (Å²) in [5.74, 6) is 0. The second-order valence-electron chi connectivity index (χ2n) is 5.77. The molecule has 0 spiro atoms. The summed E-state index contributed by atoms with van der Waals surface area (Å²) in [6.45, 7) is 0.886. The first kappa shape index (κ1) is 14.4. The number of halogens is 2. The Bertz CT molecular complexity index is 713. The fourth-order valence-corrected chi connectivity index (χ4v) is 3.53. The molecule has 0 amide bonds. The topological polar surface area (TPSA) is 24.0 Å². The Morgan fingerprint density at radius 3 is 2.50 bits per heavy atom. The molecule has 1 fully saturated rings. The van der Waals surface area contributed by atoms with Crippen molar-refractivity contribution < 1.29 is 0 Å². The predicted molar refractivity (Wildman–Crippen MR) is 87.4 cm³/mol. The van der Waals surface area contributed by atoms with E-state index < -0.39 is 0 Å². The number of hydrogen-bond donors (Lipinski definition) is 1. The van der Waals surface area contributed by atoms with Gasteiger partial charge in [0.2, 0.25) is 0 Å². The maximum atomic E-state index is 6.15. The van der Waals surface area contributed by atoms with Crippen LogP contribution in [0.4, 0.5) is 0 Å². The Balaban J connectivity index is 2.10. The van der Waals surface area contributed by atoms with Crippen LogP contribution in [0.1, 0.15) is 19.3 Å². The van der Waals surface area contributed by atoms with E-state index in [-0.39, 0.29) is 5.54 Å². The maximum absolute atomic E-state index is 6.15. The molecule has 20 heavy (non-hydrogen) atoms. The molecule has 0 bridgehead atoms. The Hall–Kier alpha value is -0.550. The van der Waals surface area contributed by atoms with Crippen molar-refractivity contribution in [3.05, 3.63) is 26.9 Å². The number of likely N-dealkylation sites (N-methyl/N-ethyl adjacent to an activating group) is 1. The number of aromatic amines is 1. The minimum absolute atomic E-state index is 0.208. The minimum atomic E-state index is 0.208. The van der Waals surface area contributed by atoms with Gasteiger partial charge >= 0.3 is 0 Å². The highest BCUT2D eigenvalue weighted by molar-refractivity contribution is 7.71. The second kappa shape index (κ2) is 5.02. The molecule has 0 atom stereocenters. The van der Waals surface area contributed by atoms with E-state index in [9.17, 15) is 0 Å². The Morgan fingerprint density at radius 1 is 1.30 bits per heavy atom. The van der Waals surface area contributed by atoms with E-state index in [2.05, 4.69) is 28.5 Å². The van der Waals surface area contributed by atoms with Crippen molar-refractivity contribution in [3.8, 4) is 0 Å². The highest BCUT2D eigenvalue weighted by Crippen LogP contribution is 2.39. The summed E-state index contributed by atoms with van der Waals surface area (Å²) in [4.78, 5) is 5.54. The van der Waals surface area contributed by atoms with Gasteiger partial charge in [0.05, 0.1) is 21.1 Å². The van der Waals surface area contributed by atoms with Crippen molar-refractivity contribution in [2.24, 2.45) is 0 Å². The van der Waals surface area contributed by atoms with Gasteiger partial charge in [0.1, 0.15) is 0 Å². The number of aromatic nitrogens is 2. The first-order chi connectivity index (χ1) is 9.43. The van der Waals surface area contributed by atoms with E-state index in [1.165, 1.54) is 19.3 Å². The highest BCUT2D eigenvalue weighted by Gasteiger charge is 2.39. The molecule has 2 aromatic rings. The second-order valence-corrected chi connectivity index (χ2v) is 6.97. The van der Waals surface area contributed by atoms with E-state index in [0.717, 1.165) is 22.3 Å². The number of fused-ring (bicyclic) bond motifs is 1. The quantitative estimate of drug-likeness (QED) is 0.839. The van der Waals surface area contributed by atoms with Crippen LogP contribution in [0.25, 0.3) is 11.0 Å². The summed E-state index contributed by atoms with van der Waals surface area (Å²) >= 11 is 17.7. The third kappa shape index (κ3) is 2.19. The zero-order valence-electron chi connectivity index (χ0n) is 11.5. The molecule has 1 aliphatic rings. The molecule has 1 aromatic heterocycles. The zero-order valence-corrected chi connectivity index (χ0v) is 13.9. The van der Waals surface area contributed by atoms with E-state index in [4.69, 9.17) is 35.4 Å². The van der Waals surface area contributed by atoms with Crippen LogP contribution in [0.5, 0.6) is 0 Å². The molecule has 1 N–H and O–H groups in total. The van der Waals surface area contributed by atoms with E-state index in [0.29, 0.717) is 10.0 Å². The van der Waals surface area contributed by atoms with Gasteiger partial charge in [0.15, 0.2) is 4.77 Å². The van der Waals surface area contributed by atoms with Crippen LogP contribution in [0.3, 0.4) is 0 Å². The van der Waals surface area contributed by atoms with Crippen LogP contribution >= 0.6 is 35.4 Å². The van der Waals surface area contributed by atoms with E-state index in [1.54, 1.807) is 0 Å². The third-order valence-corrected chi connectivity index (χ3v) is 5.55. The van der Waals surface area contributed by atoms with Gasteiger partial charge in [-0.05, 0) is 57.7 Å². The van der Waals surface area contributed by atoms with Gasteiger partial charge in [-0.15, -0.1) is 0 Å². The summed E-state index contributed by atoms with van der Waals surface area (Å²) in [6, 6.07) is 3.74. The van der Waals surface area contributed by atoms with Crippen LogP contribution in [-0.2, 0) is 6.54 Å². The van der Waals surface area contributed by atoms with Gasteiger partial charge in [-0.1, -0.05) is 23.2 Å². The first-order valence-electron chi connectivity index (χ1n) is 6.68. The monoisotopic (exact) mass is 329 g/mol. The lowest BCUT2D eigenvalue weighted by molar-refractivity contribution is 0.0431. The average molecular weight is 330 g/mol. The maximum Gasteiger partial charge on any atom is 0.178 e. The van der Waals surface area contributed by atoms with Gasteiger partial charge in [0, 0.05) is 12.1 Å². The molecular formula is C14H17Cl2N3S. The number of nitrogens with one attached hydrogen (secondary N) is 1. The number of nitrogens with zero attached hydrogens (tertiary/aromatic N) is 2. The lowest BCUT2D eigenvalue weighted by atomic mass is 9.75. The molecule has 0 radical (unpaired) electrons. The van der Waals surface area contributed by atoms with Gasteiger partial charge in [-0.25, -0.2) is 0 Å². The molecule has 0 aliphatic heterocycles. The molecular weight excluding hydrogens is 313 g/mol. The molecule has 1 heterocycles. The molecule has 0 unspecified atom stereocenters. The van der Waals surface area contributed by atoms with Crippen LogP contribution in [0, 0.1) is 4.77 Å². The van der Waals surface area contributed by atoms with Crippen molar-refractivity contribution in [1.82, 2.24) is 14.5 Å². The van der Waals surface area contributed by atoms with Crippen molar-refractivity contribution in [3.63, 3.8) is 0 Å². The van der Waals surface area contributed by atoms with Crippen molar-refractivity contribution in [1.29, 1.82) is 0 Å². The number of imidazole rings is 1. The Morgan fingerprint density at radius 2 is 1.95 bits per heavy atom. The Labute approximate surface area is 133 Å². The molecule has 1 aromatic carbocycles. The highest BCUT2D eigenvalue weighted by atomic mass is 35.5. The molecule has 6 heteroatoms. The average Bonchev–Trinajstić information content (AvgIpc) is 2.60. The van der Waals surface area contributed by atoms with Gasteiger partial charge < -0.3 is 14.5 Å². The fourth-order valence-electron chi connectivity index (χ4n) is 2.93. The molecule has 0 saturated heterocycles. The summed E-state index contributed by atoms with van der Waals surface area (Å²) in [7, 11) is 4.28. The third-order valence-electron chi connectivity index (χ3n) is 4.50. The fraction of sp³-hybridized carbons (Fsp3) is 0.500. The molecule has 1 saturated carbocycles. The smallest absolute Gasteiger partial charge is 0.178 e. The molecule has 3 nitrogen and oxygen atoms in total. The van der Waals surface area contributed by atoms with Crippen LogP contribution in [0.2, 0.25) is 10.0 Å². The molecule has 3 rings (SSSR count). The molecule has 1 aliphatic carbocycles. The summed E-state index contributed by atoms with van der Waals surface area (Å²) in [5.41, 5.74) is 2.18. The minimum Gasteiger partial charge on any atom is -0.331 e. The summed E-state index contributed by atoms with van der Waals surface area (Å²) in [5, 5.41) is 1.11. The standard InChI is InChI=1S/C14H17Cl2N3S/c1-18(2)14(4-3-5-14)8-19-12-7-10(16)9(15)6-11(12)17-13(19)20/h6-7H,3-5,8H2,1-2H3,(H,17,20). The Kier molecular flexibility index (Phi) is 3.61. The number of rotatable bonds is 3. The van der Waals surface area contributed by atoms with Crippen molar-refractivity contribution in [2.75, 3.05) is 14.1 Å². The number of H-pyrrole nitrogens is 1. The van der Waals surface area contributed by atoms with Crippen LogP contribution < -0.4 is 0 Å². The lowest BCUT2D eigenvalue weighted by Crippen LogP contribution is -2.53. The SMILES string of the molecule is CN(C)C1(Cn2c(=S)[nH]c3cc(Cl)c(Cl)cc32)CCC1. The van der Waals surface area contributed by atoms with E-state index >= 15 is 0 Å². The van der Waals surface area contributed by atoms with Crippen molar-refractivity contribution in [2.45, 2.75) is 31.3 Å². The van der Waals surface area contributed by atoms with Gasteiger partial charge in [-0.3, -0.25) is 0 Å². The predicted octanol–water partition coefficient (Wildman–Crippen LogP) is 4.49. The molecule has 108 valence electrons. The number of hydrogen-bond acceptors (Lipinski definition) is 2. The van der Waals surface area contributed by atoms with Crippen molar-refractivity contribution >= 4 is 46.5 Å². The van der Waals surface area contributed by atoms with Crippen LogP contribution in [0.15, 0.2) is 12.1 Å². The lowest BCUT2D eigenvalue weighted by Gasteiger charge is -2.47. The van der Waals surface area contributed by atoms with Gasteiger partial charge in [-0.2, -0.15) is 0 Å². The number of benzene rings is 1. The largest absolute Gasteiger partial charge is 0.331 e. The van der Waals surface area contributed by atoms with Gasteiger partial charge in [0.25, 0.3) is 0 Å².